The van der Waals surface area contributed by atoms with Crippen LogP contribution in [0.4, 0.5) is 5.82 Å². The average Bonchev–Trinajstić information content (AvgIpc) is 2.93. The number of piperazine rings is 1. The van der Waals surface area contributed by atoms with Crippen LogP contribution in [-0.4, -0.2) is 72.5 Å². The smallest absolute Gasteiger partial charge is 0.252 e. The molecule has 206 valence electrons. The second-order valence-electron chi connectivity index (χ2n) is 10.9. The number of allylic oxidation sites excluding steroid dienone is 1. The lowest BCUT2D eigenvalue weighted by atomic mass is 10.0. The van der Waals surface area contributed by atoms with Crippen LogP contribution in [0.25, 0.3) is 0 Å². The van der Waals surface area contributed by atoms with Crippen molar-refractivity contribution in [3.63, 3.8) is 0 Å². The highest BCUT2D eigenvalue weighted by Gasteiger charge is 2.28. The molecule has 0 saturated carbocycles. The van der Waals surface area contributed by atoms with Crippen molar-refractivity contribution in [2.45, 2.75) is 65.0 Å². The Hall–Kier alpha value is -2.41. The summed E-state index contributed by atoms with van der Waals surface area (Å²) in [6, 6.07) is 11.5. The molecule has 2 aliphatic heterocycles. The summed E-state index contributed by atoms with van der Waals surface area (Å²) in [5.74, 6) is 0.670. The zero-order chi connectivity index (χ0) is 26.9. The number of hydrogen-bond donors (Lipinski definition) is 1. The molecule has 0 atom stereocenters. The molecule has 2 aromatic rings. The van der Waals surface area contributed by atoms with Gasteiger partial charge in [0.2, 0.25) is 0 Å². The maximum Gasteiger partial charge on any atom is 0.252 e. The fourth-order valence-corrected chi connectivity index (χ4v) is 5.81. The molecule has 1 aromatic heterocycles. The minimum atomic E-state index is -0.115. The number of aromatic nitrogens is 1. The van der Waals surface area contributed by atoms with Gasteiger partial charge >= 0.3 is 0 Å². The highest BCUT2D eigenvalue weighted by atomic mass is 35.5. The number of likely N-dealkylation sites (tertiary alicyclic amines) is 1. The van der Waals surface area contributed by atoms with Gasteiger partial charge in [0, 0.05) is 51.5 Å². The summed E-state index contributed by atoms with van der Waals surface area (Å²) in [7, 11) is 0. The van der Waals surface area contributed by atoms with E-state index in [-0.39, 0.29) is 5.91 Å². The summed E-state index contributed by atoms with van der Waals surface area (Å²) in [5, 5.41) is 3.52. The molecule has 6 nitrogen and oxygen atoms in total. The van der Waals surface area contributed by atoms with E-state index in [1.165, 1.54) is 29.5 Å². The number of aryl methyl sites for hydroxylation is 1. The van der Waals surface area contributed by atoms with Gasteiger partial charge in [-0.05, 0) is 75.7 Å². The summed E-state index contributed by atoms with van der Waals surface area (Å²) >= 11 is 6.60. The van der Waals surface area contributed by atoms with Crippen LogP contribution < -0.4 is 10.2 Å². The number of unbranched alkanes of at least 4 members (excludes halogenated alkanes) is 1. The highest BCUT2D eigenvalue weighted by Crippen LogP contribution is 2.27. The maximum absolute atomic E-state index is 12.5. The minimum absolute atomic E-state index is 0.115. The lowest BCUT2D eigenvalue weighted by molar-refractivity contribution is 0.0952. The van der Waals surface area contributed by atoms with Gasteiger partial charge in [0.1, 0.15) is 5.82 Å². The molecule has 1 N–H and O–H groups in total. The summed E-state index contributed by atoms with van der Waals surface area (Å²) in [6.07, 6.45) is 8.17. The van der Waals surface area contributed by atoms with Crippen LogP contribution in [-0.2, 0) is 13.0 Å². The first-order chi connectivity index (χ1) is 18.4. The van der Waals surface area contributed by atoms with Crippen LogP contribution in [0.1, 0.15) is 67.4 Å². The predicted octanol–water partition coefficient (Wildman–Crippen LogP) is 5.56. The van der Waals surface area contributed by atoms with Crippen LogP contribution >= 0.6 is 11.6 Å². The molecule has 1 amide bonds. The SMILES string of the molecule is C=C(C)CCCCNC(=O)c1cnc(N2CCN(C3CCN(Cc4ccc(CC)cc4)CC3)CC2)c(Cl)c1. The first-order valence-electron chi connectivity index (χ1n) is 14.3. The zero-order valence-corrected chi connectivity index (χ0v) is 24.0. The van der Waals surface area contributed by atoms with Crippen molar-refractivity contribution in [2.24, 2.45) is 0 Å². The molecular formula is C31H44ClN5O. The summed E-state index contributed by atoms with van der Waals surface area (Å²) < 4.78 is 0. The molecule has 1 aromatic carbocycles. The largest absolute Gasteiger partial charge is 0.353 e. The molecule has 4 rings (SSSR count). The monoisotopic (exact) mass is 537 g/mol. The number of amides is 1. The van der Waals surface area contributed by atoms with Crippen molar-refractivity contribution in [3.05, 3.63) is 70.4 Å². The Morgan fingerprint density at radius 1 is 1.05 bits per heavy atom. The Morgan fingerprint density at radius 3 is 2.37 bits per heavy atom. The minimum Gasteiger partial charge on any atom is -0.353 e. The van der Waals surface area contributed by atoms with E-state index < -0.39 is 0 Å². The van der Waals surface area contributed by atoms with Gasteiger partial charge in [0.15, 0.2) is 0 Å². The topological polar surface area (TPSA) is 51.7 Å². The van der Waals surface area contributed by atoms with Crippen molar-refractivity contribution < 1.29 is 4.79 Å². The number of halogens is 1. The predicted molar refractivity (Wildman–Crippen MR) is 158 cm³/mol. The van der Waals surface area contributed by atoms with Gasteiger partial charge in [-0.3, -0.25) is 14.6 Å². The first-order valence-corrected chi connectivity index (χ1v) is 14.7. The number of benzene rings is 1. The molecule has 2 saturated heterocycles. The fourth-order valence-electron chi connectivity index (χ4n) is 5.52. The van der Waals surface area contributed by atoms with Crippen molar-refractivity contribution >= 4 is 23.3 Å². The van der Waals surface area contributed by atoms with E-state index in [0.717, 1.165) is 77.3 Å². The van der Waals surface area contributed by atoms with Crippen LogP contribution in [0.15, 0.2) is 48.7 Å². The average molecular weight is 538 g/mol. The van der Waals surface area contributed by atoms with E-state index >= 15 is 0 Å². The standard InChI is InChI=1S/C31H44ClN5O/c1-4-25-8-10-26(11-9-25)23-35-15-12-28(13-16-35)36-17-19-37(20-18-36)30-29(32)21-27(22-34-30)31(38)33-14-6-5-7-24(2)3/h8-11,21-22,28H,2,4-7,12-20,23H2,1,3H3,(H,33,38). The Kier molecular flexibility index (Phi) is 10.6. The van der Waals surface area contributed by atoms with E-state index in [4.69, 9.17) is 11.6 Å². The van der Waals surface area contributed by atoms with Crippen LogP contribution in [0.2, 0.25) is 5.02 Å². The Labute approximate surface area is 234 Å². The second kappa shape index (κ2) is 14.1. The van der Waals surface area contributed by atoms with Crippen LogP contribution in [0, 0.1) is 0 Å². The van der Waals surface area contributed by atoms with Gasteiger partial charge in [0.25, 0.3) is 5.91 Å². The second-order valence-corrected chi connectivity index (χ2v) is 11.3. The summed E-state index contributed by atoms with van der Waals surface area (Å²) in [6.45, 7) is 16.0. The van der Waals surface area contributed by atoms with Crippen LogP contribution in [0.3, 0.4) is 0 Å². The molecule has 0 bridgehead atoms. The fraction of sp³-hybridized carbons (Fsp3) is 0.548. The molecule has 7 heteroatoms. The van der Waals surface area contributed by atoms with E-state index in [1.54, 1.807) is 12.3 Å². The number of rotatable bonds is 11. The number of carbonyl (C=O) groups is 1. The van der Waals surface area contributed by atoms with E-state index in [2.05, 4.69) is 62.8 Å². The third-order valence-corrected chi connectivity index (χ3v) is 8.20. The van der Waals surface area contributed by atoms with Gasteiger partial charge in [-0.25, -0.2) is 4.98 Å². The number of anilines is 1. The maximum atomic E-state index is 12.5. The lowest BCUT2D eigenvalue weighted by Crippen LogP contribution is -2.53. The first kappa shape index (κ1) is 28.6. The molecule has 38 heavy (non-hydrogen) atoms. The van der Waals surface area contributed by atoms with E-state index in [9.17, 15) is 4.79 Å². The number of pyridine rings is 1. The summed E-state index contributed by atoms with van der Waals surface area (Å²) in [4.78, 5) is 24.6. The normalized spacial score (nSPS) is 17.5. The van der Waals surface area contributed by atoms with Crippen molar-refractivity contribution in [3.8, 4) is 0 Å². The molecule has 3 heterocycles. The van der Waals surface area contributed by atoms with Gasteiger partial charge in [-0.15, -0.1) is 6.58 Å². The molecular weight excluding hydrogens is 494 g/mol. The van der Waals surface area contributed by atoms with Gasteiger partial charge in [-0.1, -0.05) is 48.4 Å². The van der Waals surface area contributed by atoms with Crippen molar-refractivity contribution in [1.29, 1.82) is 0 Å². The van der Waals surface area contributed by atoms with Gasteiger partial charge in [-0.2, -0.15) is 0 Å². The quantitative estimate of drug-likeness (QED) is 0.300. The van der Waals surface area contributed by atoms with E-state index in [0.29, 0.717) is 23.2 Å². The number of nitrogens with one attached hydrogen (secondary N) is 1. The Morgan fingerprint density at radius 2 is 1.74 bits per heavy atom. The molecule has 0 aliphatic carbocycles. The van der Waals surface area contributed by atoms with Crippen molar-refractivity contribution in [1.82, 2.24) is 20.1 Å². The van der Waals surface area contributed by atoms with Crippen LogP contribution in [0.5, 0.6) is 0 Å². The Bertz CT molecular complexity index is 1060. The van der Waals surface area contributed by atoms with Crippen molar-refractivity contribution in [2.75, 3.05) is 50.7 Å². The van der Waals surface area contributed by atoms with Gasteiger partial charge < -0.3 is 10.2 Å². The Balaban J connectivity index is 1.19. The summed E-state index contributed by atoms with van der Waals surface area (Å²) in [5.41, 5.74) is 4.52. The number of piperidine rings is 1. The number of carbonyl (C=O) groups excluding carboxylic acids is 1. The molecule has 2 aliphatic rings. The van der Waals surface area contributed by atoms with Gasteiger partial charge in [0.05, 0.1) is 10.6 Å². The lowest BCUT2D eigenvalue weighted by Gasteiger charge is -2.43. The van der Waals surface area contributed by atoms with E-state index in [1.807, 2.05) is 6.92 Å². The third-order valence-electron chi connectivity index (χ3n) is 7.92. The highest BCUT2D eigenvalue weighted by molar-refractivity contribution is 6.33. The number of nitrogens with zero attached hydrogens (tertiary/aromatic N) is 4. The molecule has 0 unspecified atom stereocenters. The molecule has 0 spiro atoms. The third kappa shape index (κ3) is 8.05. The molecule has 2 fully saturated rings. The zero-order valence-electron chi connectivity index (χ0n) is 23.2. The number of hydrogen-bond acceptors (Lipinski definition) is 5. The molecule has 0 radical (unpaired) electrons.